The zero-order chi connectivity index (χ0) is 14.3. The van der Waals surface area contributed by atoms with E-state index in [2.05, 4.69) is 9.80 Å². The maximum atomic E-state index is 12.9. The topological polar surface area (TPSA) is 23.6 Å². The van der Waals surface area contributed by atoms with Gasteiger partial charge in [0, 0.05) is 24.7 Å². The minimum atomic E-state index is 0.310. The minimum absolute atomic E-state index is 0.310. The van der Waals surface area contributed by atoms with E-state index in [0.29, 0.717) is 17.4 Å². The lowest BCUT2D eigenvalue weighted by molar-refractivity contribution is -0.151. The lowest BCUT2D eigenvalue weighted by Crippen LogP contribution is -2.62. The number of carbonyl (C=O) groups excluding carboxylic acids is 1. The molecule has 4 fully saturated rings. The van der Waals surface area contributed by atoms with Gasteiger partial charge in [0.25, 0.3) is 0 Å². The molecule has 3 heteroatoms. The summed E-state index contributed by atoms with van der Waals surface area (Å²) in [6.45, 7) is 3.26. The third kappa shape index (κ3) is 2.42. The van der Waals surface area contributed by atoms with E-state index in [0.717, 1.165) is 25.6 Å². The summed E-state index contributed by atoms with van der Waals surface area (Å²) >= 11 is 0. The molecule has 0 aromatic heterocycles. The molecule has 0 bridgehead atoms. The first-order valence-electron chi connectivity index (χ1n) is 9.34. The first-order chi connectivity index (χ1) is 10.3. The zero-order valence-electron chi connectivity index (χ0n) is 13.4. The van der Waals surface area contributed by atoms with Crippen LogP contribution >= 0.6 is 0 Å². The maximum absolute atomic E-state index is 12.9. The van der Waals surface area contributed by atoms with Crippen LogP contribution in [0.1, 0.15) is 70.6 Å². The summed E-state index contributed by atoms with van der Waals surface area (Å²) < 4.78 is 0. The predicted octanol–water partition coefficient (Wildman–Crippen LogP) is 3.19. The Bertz CT molecular complexity index is 396. The summed E-state index contributed by atoms with van der Waals surface area (Å²) in [4.78, 5) is 17.8. The van der Waals surface area contributed by atoms with Crippen LogP contribution in [0.25, 0.3) is 0 Å². The second-order valence-corrected chi connectivity index (χ2v) is 7.94. The van der Waals surface area contributed by atoms with Crippen LogP contribution in [-0.4, -0.2) is 46.9 Å². The normalized spacial score (nSPS) is 33.5. The molecule has 4 rings (SSSR count). The Labute approximate surface area is 129 Å². The van der Waals surface area contributed by atoms with Gasteiger partial charge in [0.2, 0.25) is 5.91 Å². The average molecular weight is 290 g/mol. The first kappa shape index (κ1) is 14.0. The number of nitrogens with zero attached hydrogens (tertiary/aromatic N) is 2. The third-order valence-electron chi connectivity index (χ3n) is 6.83. The van der Waals surface area contributed by atoms with Crippen molar-refractivity contribution in [1.82, 2.24) is 9.80 Å². The number of carbonyl (C=O) groups is 1. The zero-order valence-corrected chi connectivity index (χ0v) is 13.4. The van der Waals surface area contributed by atoms with E-state index in [-0.39, 0.29) is 0 Å². The summed E-state index contributed by atoms with van der Waals surface area (Å²) in [6, 6.07) is 0.786. The van der Waals surface area contributed by atoms with Crippen LogP contribution < -0.4 is 0 Å². The molecule has 0 radical (unpaired) electrons. The van der Waals surface area contributed by atoms with Gasteiger partial charge in [-0.05, 0) is 45.1 Å². The quantitative estimate of drug-likeness (QED) is 0.780. The molecule has 2 heterocycles. The Kier molecular flexibility index (Phi) is 3.72. The van der Waals surface area contributed by atoms with Gasteiger partial charge in [-0.1, -0.05) is 32.1 Å². The first-order valence-corrected chi connectivity index (χ1v) is 9.34. The van der Waals surface area contributed by atoms with E-state index in [4.69, 9.17) is 0 Å². The number of rotatable bonds is 2. The van der Waals surface area contributed by atoms with Gasteiger partial charge in [0.15, 0.2) is 0 Å². The van der Waals surface area contributed by atoms with Crippen molar-refractivity contribution in [2.75, 3.05) is 19.6 Å². The van der Waals surface area contributed by atoms with Gasteiger partial charge in [0.1, 0.15) is 0 Å². The standard InChI is InChI=1S/C18H30N2O/c21-17(20-13-11-18(20)9-4-5-10-18)15-8-12-19(14-15)16-6-2-1-3-7-16/h15-16H,1-14H2. The molecule has 1 spiro atoms. The Balaban J connectivity index is 1.35. The van der Waals surface area contributed by atoms with Crippen LogP contribution in [-0.2, 0) is 4.79 Å². The van der Waals surface area contributed by atoms with Gasteiger partial charge in [0.05, 0.1) is 5.92 Å². The van der Waals surface area contributed by atoms with E-state index >= 15 is 0 Å². The summed E-state index contributed by atoms with van der Waals surface area (Å²) in [5.41, 5.74) is 0.315. The van der Waals surface area contributed by atoms with Gasteiger partial charge in [-0.3, -0.25) is 9.69 Å². The van der Waals surface area contributed by atoms with Crippen LogP contribution in [0.3, 0.4) is 0 Å². The third-order valence-corrected chi connectivity index (χ3v) is 6.83. The molecule has 0 N–H and O–H groups in total. The van der Waals surface area contributed by atoms with E-state index in [1.54, 1.807) is 0 Å². The van der Waals surface area contributed by atoms with E-state index in [9.17, 15) is 4.79 Å². The van der Waals surface area contributed by atoms with Crippen molar-refractivity contribution in [3.05, 3.63) is 0 Å². The van der Waals surface area contributed by atoms with Crippen molar-refractivity contribution in [2.45, 2.75) is 82.2 Å². The second kappa shape index (κ2) is 5.57. The van der Waals surface area contributed by atoms with Crippen LogP contribution in [0.5, 0.6) is 0 Å². The number of likely N-dealkylation sites (tertiary alicyclic amines) is 2. The van der Waals surface area contributed by atoms with Gasteiger partial charge in [-0.15, -0.1) is 0 Å². The summed E-state index contributed by atoms with van der Waals surface area (Å²) in [5.74, 6) is 0.811. The highest BCUT2D eigenvalue weighted by Gasteiger charge is 2.50. The smallest absolute Gasteiger partial charge is 0.227 e. The van der Waals surface area contributed by atoms with Crippen molar-refractivity contribution in [1.29, 1.82) is 0 Å². The molecule has 1 amide bonds. The molecule has 0 aromatic carbocycles. The SMILES string of the molecule is O=C(C1CCN(C2CCCCC2)C1)N1CCC12CCCC2. The van der Waals surface area contributed by atoms with Gasteiger partial charge in [-0.2, -0.15) is 0 Å². The van der Waals surface area contributed by atoms with Crippen molar-refractivity contribution >= 4 is 5.91 Å². The lowest BCUT2D eigenvalue weighted by Gasteiger charge is -2.52. The fourth-order valence-electron chi connectivity index (χ4n) is 5.42. The molecular formula is C18H30N2O. The highest BCUT2D eigenvalue weighted by Crippen LogP contribution is 2.45. The Morgan fingerprint density at radius 1 is 0.857 bits per heavy atom. The molecule has 0 aromatic rings. The van der Waals surface area contributed by atoms with Gasteiger partial charge < -0.3 is 4.90 Å². The largest absolute Gasteiger partial charge is 0.337 e. The van der Waals surface area contributed by atoms with Crippen LogP contribution in [0.2, 0.25) is 0 Å². The molecule has 2 aliphatic carbocycles. The van der Waals surface area contributed by atoms with Crippen molar-refractivity contribution in [3.8, 4) is 0 Å². The van der Waals surface area contributed by atoms with Gasteiger partial charge >= 0.3 is 0 Å². The molecule has 1 atom stereocenters. The lowest BCUT2D eigenvalue weighted by atomic mass is 9.81. The number of hydrogen-bond acceptors (Lipinski definition) is 2. The van der Waals surface area contributed by atoms with Gasteiger partial charge in [-0.25, -0.2) is 0 Å². The summed E-state index contributed by atoms with van der Waals surface area (Å²) in [5, 5.41) is 0. The highest BCUT2D eigenvalue weighted by molar-refractivity contribution is 5.81. The van der Waals surface area contributed by atoms with E-state index in [1.807, 2.05) is 0 Å². The summed E-state index contributed by atoms with van der Waals surface area (Å²) in [6.07, 6.45) is 14.6. The molecule has 4 aliphatic rings. The van der Waals surface area contributed by atoms with Crippen molar-refractivity contribution in [2.24, 2.45) is 5.92 Å². The van der Waals surface area contributed by atoms with Crippen LogP contribution in [0.4, 0.5) is 0 Å². The predicted molar refractivity (Wildman–Crippen MR) is 84.1 cm³/mol. The van der Waals surface area contributed by atoms with Crippen LogP contribution in [0, 0.1) is 5.92 Å². The Morgan fingerprint density at radius 2 is 1.62 bits per heavy atom. The molecule has 21 heavy (non-hydrogen) atoms. The Morgan fingerprint density at radius 3 is 2.29 bits per heavy atom. The molecule has 2 saturated carbocycles. The molecule has 1 unspecified atom stereocenters. The fourth-order valence-corrected chi connectivity index (χ4v) is 5.42. The molecule has 2 saturated heterocycles. The molecule has 3 nitrogen and oxygen atoms in total. The number of hydrogen-bond donors (Lipinski definition) is 0. The van der Waals surface area contributed by atoms with Crippen molar-refractivity contribution < 1.29 is 4.79 Å². The minimum Gasteiger partial charge on any atom is -0.337 e. The second-order valence-electron chi connectivity index (χ2n) is 7.94. The maximum Gasteiger partial charge on any atom is 0.227 e. The number of amides is 1. The Hall–Kier alpha value is -0.570. The average Bonchev–Trinajstić information content (AvgIpc) is 3.18. The van der Waals surface area contributed by atoms with E-state index < -0.39 is 0 Å². The monoisotopic (exact) mass is 290 g/mol. The van der Waals surface area contributed by atoms with E-state index in [1.165, 1.54) is 70.8 Å². The molecule has 2 aliphatic heterocycles. The fraction of sp³-hybridized carbons (Fsp3) is 0.944. The summed E-state index contributed by atoms with van der Waals surface area (Å²) in [7, 11) is 0. The highest BCUT2D eigenvalue weighted by atomic mass is 16.2. The van der Waals surface area contributed by atoms with Crippen LogP contribution in [0.15, 0.2) is 0 Å². The molecular weight excluding hydrogens is 260 g/mol. The van der Waals surface area contributed by atoms with Crippen molar-refractivity contribution in [3.63, 3.8) is 0 Å². The molecule has 118 valence electrons.